The number of nitrogens with zero attached hydrogens (tertiary/aromatic N) is 3. The standard InChI is InChI=1S/C12H19N5O2/c1-16(7-11(18)15-9-2-3-9)12(19)10-6-17(5-4-13)8-14-10/h6,8-9H,2-5,7,13H2,1H3,(H,15,18). The number of nitrogens with one attached hydrogen (secondary N) is 1. The van der Waals surface area contributed by atoms with Crippen LogP contribution in [0, 0.1) is 0 Å². The van der Waals surface area contributed by atoms with Gasteiger partial charge in [-0.3, -0.25) is 9.59 Å². The van der Waals surface area contributed by atoms with E-state index in [1.165, 1.54) is 4.90 Å². The fraction of sp³-hybridized carbons (Fsp3) is 0.583. The monoisotopic (exact) mass is 265 g/mol. The fourth-order valence-electron chi connectivity index (χ4n) is 1.73. The van der Waals surface area contributed by atoms with Crippen LogP contribution >= 0.6 is 0 Å². The molecule has 0 aliphatic heterocycles. The van der Waals surface area contributed by atoms with Crippen LogP contribution in [0.2, 0.25) is 0 Å². The summed E-state index contributed by atoms with van der Waals surface area (Å²) in [5.41, 5.74) is 5.76. The molecule has 1 aliphatic rings. The van der Waals surface area contributed by atoms with Crippen LogP contribution in [0.15, 0.2) is 12.5 Å². The number of hydrogen-bond acceptors (Lipinski definition) is 4. The molecule has 0 bridgehead atoms. The zero-order valence-corrected chi connectivity index (χ0v) is 11.0. The van der Waals surface area contributed by atoms with Crippen LogP contribution in [-0.2, 0) is 11.3 Å². The number of aromatic nitrogens is 2. The van der Waals surface area contributed by atoms with Crippen molar-refractivity contribution in [1.29, 1.82) is 0 Å². The van der Waals surface area contributed by atoms with Crippen molar-refractivity contribution >= 4 is 11.8 Å². The third-order valence-electron chi connectivity index (χ3n) is 2.91. The summed E-state index contributed by atoms with van der Waals surface area (Å²) in [5.74, 6) is -0.388. The maximum Gasteiger partial charge on any atom is 0.274 e. The van der Waals surface area contributed by atoms with Crippen LogP contribution in [0.25, 0.3) is 0 Å². The van der Waals surface area contributed by atoms with Crippen LogP contribution in [0.3, 0.4) is 0 Å². The highest BCUT2D eigenvalue weighted by Crippen LogP contribution is 2.18. The number of carbonyl (C=O) groups is 2. The predicted octanol–water partition coefficient (Wildman–Crippen LogP) is -0.808. The van der Waals surface area contributed by atoms with E-state index in [1.54, 1.807) is 24.1 Å². The largest absolute Gasteiger partial charge is 0.352 e. The molecule has 1 aromatic heterocycles. The minimum Gasteiger partial charge on any atom is -0.352 e. The van der Waals surface area contributed by atoms with Gasteiger partial charge in [0.1, 0.15) is 5.69 Å². The van der Waals surface area contributed by atoms with Crippen molar-refractivity contribution in [1.82, 2.24) is 19.8 Å². The number of rotatable bonds is 6. The zero-order valence-electron chi connectivity index (χ0n) is 11.0. The van der Waals surface area contributed by atoms with Gasteiger partial charge in [0.15, 0.2) is 0 Å². The SMILES string of the molecule is CN(CC(=O)NC1CC1)C(=O)c1cn(CCN)cn1. The summed E-state index contributed by atoms with van der Waals surface area (Å²) < 4.78 is 1.76. The Morgan fingerprint density at radius 3 is 2.95 bits per heavy atom. The molecule has 2 amide bonds. The summed E-state index contributed by atoms with van der Waals surface area (Å²) in [6.45, 7) is 1.16. The van der Waals surface area contributed by atoms with E-state index in [1.807, 2.05) is 0 Å². The first-order valence-corrected chi connectivity index (χ1v) is 6.37. The number of amides is 2. The molecule has 0 radical (unpaired) electrons. The van der Waals surface area contributed by atoms with Crippen molar-refractivity contribution in [3.8, 4) is 0 Å². The van der Waals surface area contributed by atoms with E-state index >= 15 is 0 Å². The molecule has 0 unspecified atom stereocenters. The van der Waals surface area contributed by atoms with Gasteiger partial charge in [0.25, 0.3) is 5.91 Å². The Balaban J connectivity index is 1.87. The lowest BCUT2D eigenvalue weighted by molar-refractivity contribution is -0.121. The molecule has 3 N–H and O–H groups in total. The third kappa shape index (κ3) is 3.78. The highest BCUT2D eigenvalue weighted by atomic mass is 16.2. The number of nitrogens with two attached hydrogens (primary N) is 1. The van der Waals surface area contributed by atoms with Crippen LogP contribution in [-0.4, -0.2) is 52.4 Å². The van der Waals surface area contributed by atoms with E-state index in [0.717, 1.165) is 12.8 Å². The number of hydrogen-bond donors (Lipinski definition) is 2. The lowest BCUT2D eigenvalue weighted by Crippen LogP contribution is -2.39. The quantitative estimate of drug-likeness (QED) is 0.703. The topological polar surface area (TPSA) is 93.2 Å². The molecule has 0 spiro atoms. The van der Waals surface area contributed by atoms with Crippen LogP contribution in [0.4, 0.5) is 0 Å². The molecule has 0 saturated heterocycles. The van der Waals surface area contributed by atoms with E-state index in [0.29, 0.717) is 24.8 Å². The van der Waals surface area contributed by atoms with E-state index in [9.17, 15) is 9.59 Å². The number of likely N-dealkylation sites (N-methyl/N-ethyl adjacent to an activating group) is 1. The Morgan fingerprint density at radius 2 is 2.32 bits per heavy atom. The summed E-state index contributed by atoms with van der Waals surface area (Å²) in [6, 6.07) is 0.305. The van der Waals surface area contributed by atoms with Gasteiger partial charge in [-0.1, -0.05) is 0 Å². The smallest absolute Gasteiger partial charge is 0.274 e. The molecule has 19 heavy (non-hydrogen) atoms. The average molecular weight is 265 g/mol. The lowest BCUT2D eigenvalue weighted by atomic mass is 10.4. The number of imidazole rings is 1. The Kier molecular flexibility index (Phi) is 4.16. The predicted molar refractivity (Wildman–Crippen MR) is 69.4 cm³/mol. The molecule has 1 aromatic rings. The van der Waals surface area contributed by atoms with Gasteiger partial charge in [-0.2, -0.15) is 0 Å². The van der Waals surface area contributed by atoms with Gasteiger partial charge in [-0.25, -0.2) is 4.98 Å². The maximum atomic E-state index is 12.0. The molecule has 0 aromatic carbocycles. The van der Waals surface area contributed by atoms with Crippen molar-refractivity contribution in [3.63, 3.8) is 0 Å². The Hall–Kier alpha value is -1.89. The highest BCUT2D eigenvalue weighted by molar-refractivity contribution is 5.94. The molecule has 104 valence electrons. The minimum atomic E-state index is -0.262. The first-order valence-electron chi connectivity index (χ1n) is 6.37. The van der Waals surface area contributed by atoms with Crippen LogP contribution in [0.1, 0.15) is 23.3 Å². The van der Waals surface area contributed by atoms with Crippen molar-refractivity contribution in [2.24, 2.45) is 5.73 Å². The summed E-state index contributed by atoms with van der Waals surface area (Å²) >= 11 is 0. The summed E-state index contributed by atoms with van der Waals surface area (Å²) in [4.78, 5) is 29.0. The summed E-state index contributed by atoms with van der Waals surface area (Å²) in [5, 5.41) is 2.84. The zero-order chi connectivity index (χ0) is 13.8. The second-order valence-electron chi connectivity index (χ2n) is 4.79. The Morgan fingerprint density at radius 1 is 1.58 bits per heavy atom. The molecule has 1 aliphatic carbocycles. The third-order valence-corrected chi connectivity index (χ3v) is 2.91. The van der Waals surface area contributed by atoms with Gasteiger partial charge in [0, 0.05) is 32.4 Å². The van der Waals surface area contributed by atoms with E-state index in [2.05, 4.69) is 10.3 Å². The highest BCUT2D eigenvalue weighted by Gasteiger charge is 2.24. The van der Waals surface area contributed by atoms with Gasteiger partial charge in [-0.15, -0.1) is 0 Å². The molecule has 7 heteroatoms. The molecule has 2 rings (SSSR count). The van der Waals surface area contributed by atoms with E-state index in [-0.39, 0.29) is 18.4 Å². The normalized spacial score (nSPS) is 14.2. The lowest BCUT2D eigenvalue weighted by Gasteiger charge is -2.15. The summed E-state index contributed by atoms with van der Waals surface area (Å²) in [6.07, 6.45) is 5.28. The number of carbonyl (C=O) groups excluding carboxylic acids is 2. The fourth-order valence-corrected chi connectivity index (χ4v) is 1.73. The van der Waals surface area contributed by atoms with Crippen molar-refractivity contribution in [2.75, 3.05) is 20.1 Å². The van der Waals surface area contributed by atoms with Gasteiger partial charge >= 0.3 is 0 Å². The van der Waals surface area contributed by atoms with E-state index in [4.69, 9.17) is 5.73 Å². The second-order valence-corrected chi connectivity index (χ2v) is 4.79. The van der Waals surface area contributed by atoms with Crippen LogP contribution < -0.4 is 11.1 Å². The second kappa shape index (κ2) is 5.83. The van der Waals surface area contributed by atoms with E-state index < -0.39 is 0 Å². The van der Waals surface area contributed by atoms with Gasteiger partial charge in [0.05, 0.1) is 12.9 Å². The van der Waals surface area contributed by atoms with Gasteiger partial charge in [0.2, 0.25) is 5.91 Å². The molecule has 0 atom stereocenters. The molecule has 1 fully saturated rings. The first kappa shape index (κ1) is 13.5. The molecular weight excluding hydrogens is 246 g/mol. The van der Waals surface area contributed by atoms with Crippen LogP contribution in [0.5, 0.6) is 0 Å². The average Bonchev–Trinajstić information content (AvgIpc) is 3.05. The van der Waals surface area contributed by atoms with Crippen molar-refractivity contribution < 1.29 is 9.59 Å². The van der Waals surface area contributed by atoms with Crippen molar-refractivity contribution in [3.05, 3.63) is 18.2 Å². The molecule has 1 saturated carbocycles. The Labute approximate surface area is 111 Å². The minimum absolute atomic E-state index is 0.0546. The molecular formula is C12H19N5O2. The summed E-state index contributed by atoms with van der Waals surface area (Å²) in [7, 11) is 1.59. The maximum absolute atomic E-state index is 12.0. The molecule has 1 heterocycles. The van der Waals surface area contributed by atoms with Gasteiger partial charge < -0.3 is 20.5 Å². The van der Waals surface area contributed by atoms with Gasteiger partial charge in [-0.05, 0) is 12.8 Å². The Bertz CT molecular complexity index is 466. The first-order chi connectivity index (χ1) is 9.10. The van der Waals surface area contributed by atoms with Crippen molar-refractivity contribution in [2.45, 2.75) is 25.4 Å². The molecule has 7 nitrogen and oxygen atoms in total.